The third-order valence-corrected chi connectivity index (χ3v) is 4.83. The highest BCUT2D eigenvalue weighted by Crippen LogP contribution is 2.34. The molecule has 0 unspecified atom stereocenters. The van der Waals surface area contributed by atoms with E-state index in [1.807, 2.05) is 19.1 Å². The van der Waals surface area contributed by atoms with Crippen molar-refractivity contribution in [3.63, 3.8) is 0 Å². The predicted molar refractivity (Wildman–Crippen MR) is 113 cm³/mol. The largest absolute Gasteiger partial charge is 0.417 e. The molecule has 5 nitrogen and oxygen atoms in total. The fourth-order valence-corrected chi connectivity index (χ4v) is 3.42. The van der Waals surface area contributed by atoms with Gasteiger partial charge in [0, 0.05) is 7.11 Å². The average molecular weight is 442 g/mol. The molecular formula is C24H21F3N2O3. The van der Waals surface area contributed by atoms with Crippen molar-refractivity contribution in [3.05, 3.63) is 92.8 Å². The normalized spacial score (nSPS) is 11.4. The van der Waals surface area contributed by atoms with Crippen LogP contribution < -0.4 is 5.56 Å². The minimum Gasteiger partial charge on any atom is -0.359 e. The van der Waals surface area contributed by atoms with E-state index in [9.17, 15) is 23.2 Å². The number of ether oxygens (including phenoxy) is 2. The Bertz CT molecular complexity index is 1210. The van der Waals surface area contributed by atoms with Gasteiger partial charge in [0.15, 0.2) is 0 Å². The van der Waals surface area contributed by atoms with Gasteiger partial charge in [0.1, 0.15) is 18.4 Å². The van der Waals surface area contributed by atoms with Gasteiger partial charge in [-0.25, -0.2) is 0 Å². The third-order valence-electron chi connectivity index (χ3n) is 4.83. The molecule has 3 aromatic rings. The highest BCUT2D eigenvalue weighted by molar-refractivity contribution is 5.63. The molecule has 2 aromatic carbocycles. The zero-order valence-corrected chi connectivity index (χ0v) is 17.6. The molecule has 0 aliphatic rings. The first-order valence-electron chi connectivity index (χ1n) is 9.71. The number of hydrogen-bond donors (Lipinski definition) is 0. The van der Waals surface area contributed by atoms with Gasteiger partial charge in [-0.3, -0.25) is 4.79 Å². The number of aryl methyl sites for hydroxylation is 1. The molecule has 0 atom stereocenters. The Hall–Kier alpha value is -3.41. The van der Waals surface area contributed by atoms with Crippen molar-refractivity contribution in [3.8, 4) is 17.3 Å². The Morgan fingerprint density at radius 1 is 1.06 bits per heavy atom. The first-order chi connectivity index (χ1) is 15.2. The van der Waals surface area contributed by atoms with Crippen molar-refractivity contribution in [1.29, 1.82) is 5.26 Å². The van der Waals surface area contributed by atoms with Gasteiger partial charge in [-0.15, -0.1) is 0 Å². The van der Waals surface area contributed by atoms with E-state index in [-0.39, 0.29) is 25.6 Å². The smallest absolute Gasteiger partial charge is 0.359 e. The van der Waals surface area contributed by atoms with Crippen LogP contribution in [0.25, 0.3) is 11.3 Å². The van der Waals surface area contributed by atoms with E-state index in [1.54, 1.807) is 36.4 Å². The standard InChI is InChI=1S/C24H21F3N2O3/c1-16-5-3-8-19(9-16)22-11-21(24(25,26)27)20(12-28)23(30)29(22)13-17-6-4-7-18(10-17)14-32-15-31-2/h3-11H,13-15H2,1-2H3. The van der Waals surface area contributed by atoms with E-state index < -0.39 is 22.9 Å². The summed E-state index contributed by atoms with van der Waals surface area (Å²) in [6.45, 7) is 2.19. The highest BCUT2D eigenvalue weighted by atomic mass is 19.4. The first kappa shape index (κ1) is 23.3. The molecule has 0 spiro atoms. The van der Waals surface area contributed by atoms with Crippen LogP contribution >= 0.6 is 0 Å². The SMILES string of the molecule is COCOCc1cccc(Cn2c(-c3cccc(C)c3)cc(C(F)(F)F)c(C#N)c2=O)c1. The zero-order valence-electron chi connectivity index (χ0n) is 17.6. The molecule has 0 N–H and O–H groups in total. The Balaban J connectivity index is 2.16. The number of nitriles is 1. The molecule has 1 heterocycles. The first-order valence-corrected chi connectivity index (χ1v) is 9.71. The summed E-state index contributed by atoms with van der Waals surface area (Å²) in [6, 6.07) is 16.3. The van der Waals surface area contributed by atoms with Crippen molar-refractivity contribution in [1.82, 2.24) is 4.57 Å². The second-order valence-electron chi connectivity index (χ2n) is 7.26. The van der Waals surface area contributed by atoms with Crippen LogP contribution in [0.3, 0.4) is 0 Å². The number of benzene rings is 2. The summed E-state index contributed by atoms with van der Waals surface area (Å²) < 4.78 is 52.3. The van der Waals surface area contributed by atoms with Gasteiger partial charge in [-0.05, 0) is 35.7 Å². The molecule has 0 amide bonds. The molecule has 3 rings (SSSR count). The number of nitrogens with zero attached hydrogens (tertiary/aromatic N) is 2. The summed E-state index contributed by atoms with van der Waals surface area (Å²) in [7, 11) is 1.51. The Kier molecular flexibility index (Phi) is 7.13. The van der Waals surface area contributed by atoms with E-state index in [2.05, 4.69) is 0 Å². The van der Waals surface area contributed by atoms with Crippen molar-refractivity contribution in [2.45, 2.75) is 26.3 Å². The Labute approximate surface area is 183 Å². The van der Waals surface area contributed by atoms with Gasteiger partial charge in [0.05, 0.1) is 24.4 Å². The van der Waals surface area contributed by atoms with Gasteiger partial charge in [-0.2, -0.15) is 18.4 Å². The summed E-state index contributed by atoms with van der Waals surface area (Å²) in [5, 5.41) is 9.33. The Morgan fingerprint density at radius 2 is 1.78 bits per heavy atom. The van der Waals surface area contributed by atoms with Crippen molar-refractivity contribution in [2.75, 3.05) is 13.9 Å². The van der Waals surface area contributed by atoms with Crippen LogP contribution in [0.5, 0.6) is 0 Å². The van der Waals surface area contributed by atoms with Crippen molar-refractivity contribution < 1.29 is 22.6 Å². The van der Waals surface area contributed by atoms with Crippen molar-refractivity contribution in [2.24, 2.45) is 0 Å². The number of methoxy groups -OCH3 is 1. The van der Waals surface area contributed by atoms with Crippen LogP contribution in [-0.2, 0) is 28.8 Å². The maximum Gasteiger partial charge on any atom is 0.417 e. The maximum atomic E-state index is 13.6. The minimum absolute atomic E-state index is 0.00690. The monoisotopic (exact) mass is 442 g/mol. The molecule has 1 aromatic heterocycles. The molecule has 8 heteroatoms. The summed E-state index contributed by atoms with van der Waals surface area (Å²) >= 11 is 0. The van der Waals surface area contributed by atoms with E-state index in [0.29, 0.717) is 11.1 Å². The summed E-state index contributed by atoms with van der Waals surface area (Å²) in [4.78, 5) is 13.0. The van der Waals surface area contributed by atoms with Gasteiger partial charge in [0.25, 0.3) is 5.56 Å². The molecule has 0 radical (unpaired) electrons. The minimum atomic E-state index is -4.83. The number of alkyl halides is 3. The zero-order chi connectivity index (χ0) is 23.3. The summed E-state index contributed by atoms with van der Waals surface area (Å²) in [6.07, 6.45) is -4.83. The van der Waals surface area contributed by atoms with Gasteiger partial charge >= 0.3 is 6.18 Å². The fraction of sp³-hybridized carbons (Fsp3) is 0.250. The number of aromatic nitrogens is 1. The van der Waals surface area contributed by atoms with Gasteiger partial charge in [0.2, 0.25) is 0 Å². The molecule has 0 bridgehead atoms. The molecular weight excluding hydrogens is 421 g/mol. The maximum absolute atomic E-state index is 13.6. The predicted octanol–water partition coefficient (Wildman–Crippen LogP) is 4.88. The molecule has 32 heavy (non-hydrogen) atoms. The fourth-order valence-electron chi connectivity index (χ4n) is 3.42. The summed E-state index contributed by atoms with van der Waals surface area (Å²) in [5.74, 6) is 0. The quantitative estimate of drug-likeness (QED) is 0.386. The lowest BCUT2D eigenvalue weighted by molar-refractivity contribution is -0.137. The topological polar surface area (TPSA) is 64.2 Å². The number of pyridine rings is 1. The van der Waals surface area contributed by atoms with E-state index in [4.69, 9.17) is 9.47 Å². The van der Waals surface area contributed by atoms with E-state index in [1.165, 1.54) is 17.7 Å². The lowest BCUT2D eigenvalue weighted by Crippen LogP contribution is -2.28. The number of halogens is 3. The molecule has 0 aliphatic heterocycles. The summed E-state index contributed by atoms with van der Waals surface area (Å²) in [5.41, 5.74) is -0.271. The van der Waals surface area contributed by atoms with Crippen LogP contribution in [0.1, 0.15) is 27.8 Å². The molecule has 166 valence electrons. The third kappa shape index (κ3) is 5.25. The van der Waals surface area contributed by atoms with Crippen LogP contribution in [0.4, 0.5) is 13.2 Å². The van der Waals surface area contributed by atoms with Gasteiger partial charge in [-0.1, -0.05) is 48.0 Å². The van der Waals surface area contributed by atoms with Crippen LogP contribution in [-0.4, -0.2) is 18.5 Å². The molecule has 0 aliphatic carbocycles. The second-order valence-corrected chi connectivity index (χ2v) is 7.26. The lowest BCUT2D eigenvalue weighted by Gasteiger charge is -2.18. The van der Waals surface area contributed by atoms with Crippen molar-refractivity contribution >= 4 is 0 Å². The number of hydrogen-bond acceptors (Lipinski definition) is 4. The van der Waals surface area contributed by atoms with Crippen LogP contribution in [0, 0.1) is 18.3 Å². The second kappa shape index (κ2) is 9.81. The molecule has 0 saturated carbocycles. The Morgan fingerprint density at radius 3 is 2.44 bits per heavy atom. The lowest BCUT2D eigenvalue weighted by atomic mass is 10.0. The van der Waals surface area contributed by atoms with Crippen LogP contribution in [0.15, 0.2) is 59.4 Å². The van der Waals surface area contributed by atoms with E-state index in [0.717, 1.165) is 17.2 Å². The van der Waals surface area contributed by atoms with E-state index >= 15 is 0 Å². The van der Waals surface area contributed by atoms with Crippen LogP contribution in [0.2, 0.25) is 0 Å². The number of rotatable bonds is 7. The molecule has 0 fully saturated rings. The average Bonchev–Trinajstić information content (AvgIpc) is 2.74. The molecule has 0 saturated heterocycles. The highest BCUT2D eigenvalue weighted by Gasteiger charge is 2.36. The van der Waals surface area contributed by atoms with Gasteiger partial charge < -0.3 is 14.0 Å².